The van der Waals surface area contributed by atoms with E-state index in [0.29, 0.717) is 21.2 Å². The molecule has 1 aromatic heterocycles. The van der Waals surface area contributed by atoms with Gasteiger partial charge in [-0.3, -0.25) is 0 Å². The van der Waals surface area contributed by atoms with Gasteiger partial charge in [0.15, 0.2) is 0 Å². The third-order valence-corrected chi connectivity index (χ3v) is 4.43. The quantitative estimate of drug-likeness (QED) is 0.682. The van der Waals surface area contributed by atoms with Crippen molar-refractivity contribution in [3.8, 4) is 0 Å². The van der Waals surface area contributed by atoms with Crippen LogP contribution in [0.3, 0.4) is 0 Å². The second-order valence-electron chi connectivity index (χ2n) is 6.00. The zero-order valence-electron chi connectivity index (χ0n) is 12.5. The van der Waals surface area contributed by atoms with E-state index >= 15 is 0 Å². The largest absolute Gasteiger partial charge is 0.492 e. The van der Waals surface area contributed by atoms with Crippen molar-refractivity contribution in [2.75, 3.05) is 6.61 Å². The van der Waals surface area contributed by atoms with E-state index in [2.05, 4.69) is 4.98 Å². The van der Waals surface area contributed by atoms with E-state index in [0.717, 1.165) is 0 Å². The summed E-state index contributed by atoms with van der Waals surface area (Å²) in [7, 11) is -0.630. The van der Waals surface area contributed by atoms with Gasteiger partial charge in [0.25, 0.3) is 0 Å². The number of hydrogen-bond acceptors (Lipinski definition) is 4. The summed E-state index contributed by atoms with van der Waals surface area (Å²) >= 11 is 12.0. The number of halogens is 2. The number of aromatic nitrogens is 1. The van der Waals surface area contributed by atoms with Gasteiger partial charge in [0.05, 0.1) is 22.8 Å². The lowest BCUT2D eigenvalue weighted by Crippen LogP contribution is -2.41. The lowest BCUT2D eigenvalue weighted by molar-refractivity contribution is 0.00578. The molecule has 0 atom stereocenters. The summed E-state index contributed by atoms with van der Waals surface area (Å²) in [5.41, 5.74) is 0.243. The Balaban J connectivity index is 2.33. The number of nitrogens with zero attached hydrogens (tertiary/aromatic N) is 1. The van der Waals surface area contributed by atoms with Gasteiger partial charge in [-0.15, -0.1) is 0 Å². The van der Waals surface area contributed by atoms with E-state index < -0.39 is 18.3 Å². The van der Waals surface area contributed by atoms with Crippen LogP contribution in [-0.4, -0.2) is 35.0 Å². The van der Waals surface area contributed by atoms with Gasteiger partial charge in [0, 0.05) is 11.8 Å². The van der Waals surface area contributed by atoms with Crippen molar-refractivity contribution < 1.29 is 14.4 Å². The maximum Gasteiger partial charge on any atom is 0.492 e. The molecule has 1 fully saturated rings. The molecule has 0 aromatic carbocycles. The van der Waals surface area contributed by atoms with Crippen LogP contribution in [0, 0.1) is 0 Å². The molecule has 1 aromatic rings. The zero-order valence-corrected chi connectivity index (χ0v) is 14.0. The molecule has 21 heavy (non-hydrogen) atoms. The molecule has 0 radical (unpaired) electrons. The fourth-order valence-electron chi connectivity index (χ4n) is 1.92. The molecule has 0 amide bonds. The highest BCUT2D eigenvalue weighted by Gasteiger charge is 2.52. The molecule has 0 aliphatic carbocycles. The van der Waals surface area contributed by atoms with Crippen molar-refractivity contribution in [1.29, 1.82) is 0 Å². The summed E-state index contributed by atoms with van der Waals surface area (Å²) in [5.74, 6) is 0. The number of aliphatic hydroxyl groups is 1. The lowest BCUT2D eigenvalue weighted by Gasteiger charge is -2.32. The van der Waals surface area contributed by atoms with Crippen LogP contribution in [-0.2, 0) is 9.31 Å². The van der Waals surface area contributed by atoms with Gasteiger partial charge in [0.2, 0.25) is 0 Å². The second-order valence-corrected chi connectivity index (χ2v) is 6.79. The van der Waals surface area contributed by atoms with Crippen LogP contribution < -0.4 is 0 Å². The summed E-state index contributed by atoms with van der Waals surface area (Å²) in [6.45, 7) is 7.61. The summed E-state index contributed by atoms with van der Waals surface area (Å²) in [6, 6.07) is 1.68. The fourth-order valence-corrected chi connectivity index (χ4v) is 2.25. The molecular weight excluding hydrogens is 312 g/mol. The summed E-state index contributed by atoms with van der Waals surface area (Å²) in [6.07, 6.45) is 3.16. The molecule has 2 rings (SSSR count). The monoisotopic (exact) mass is 329 g/mol. The minimum atomic E-state index is -0.630. The van der Waals surface area contributed by atoms with Crippen molar-refractivity contribution in [2.24, 2.45) is 0 Å². The summed E-state index contributed by atoms with van der Waals surface area (Å²) in [4.78, 5) is 3.98. The molecule has 0 saturated carbocycles. The Hall–Kier alpha value is -0.585. The average Bonchev–Trinajstić information content (AvgIpc) is 2.59. The van der Waals surface area contributed by atoms with Crippen LogP contribution in [0.25, 0.3) is 6.08 Å². The number of hydrogen-bond donors (Lipinski definition) is 1. The smallest absolute Gasteiger partial charge is 0.400 e. The van der Waals surface area contributed by atoms with Gasteiger partial charge in [-0.1, -0.05) is 29.3 Å². The van der Waals surface area contributed by atoms with E-state index in [1.807, 2.05) is 27.7 Å². The second kappa shape index (κ2) is 5.90. The first-order valence-corrected chi connectivity index (χ1v) is 7.40. The molecule has 2 heterocycles. The van der Waals surface area contributed by atoms with Gasteiger partial charge in [-0.05, 0) is 39.2 Å². The standard InChI is InChI=1S/C14H18BCl2NO3/c1-13(2)14(3,4)21-15(20-13)10(8-19)5-9-6-11(16)7-18-12(9)17/h5-7,19H,8H2,1-4H3. The Kier molecular flexibility index (Phi) is 4.71. The minimum absolute atomic E-state index is 0.209. The van der Waals surface area contributed by atoms with Gasteiger partial charge in [0.1, 0.15) is 5.15 Å². The highest BCUT2D eigenvalue weighted by Crippen LogP contribution is 2.39. The minimum Gasteiger partial charge on any atom is -0.400 e. The third-order valence-electron chi connectivity index (χ3n) is 3.91. The van der Waals surface area contributed by atoms with E-state index in [1.165, 1.54) is 6.20 Å². The van der Waals surface area contributed by atoms with Gasteiger partial charge in [-0.2, -0.15) is 0 Å². The van der Waals surface area contributed by atoms with Gasteiger partial charge < -0.3 is 14.4 Å². The Labute approximate surface area is 135 Å². The molecule has 1 aliphatic rings. The predicted molar refractivity (Wildman–Crippen MR) is 85.4 cm³/mol. The Morgan fingerprint density at radius 1 is 1.29 bits per heavy atom. The first-order valence-electron chi connectivity index (χ1n) is 6.64. The normalized spacial score (nSPS) is 20.9. The Morgan fingerprint density at radius 2 is 1.86 bits per heavy atom. The van der Waals surface area contributed by atoms with Crippen LogP contribution in [0.4, 0.5) is 0 Å². The van der Waals surface area contributed by atoms with Crippen molar-refractivity contribution in [3.05, 3.63) is 33.5 Å². The molecule has 114 valence electrons. The third kappa shape index (κ3) is 3.43. The van der Waals surface area contributed by atoms with Crippen LogP contribution in [0.2, 0.25) is 10.2 Å². The summed E-state index contributed by atoms with van der Waals surface area (Å²) in [5, 5.41) is 10.4. The lowest BCUT2D eigenvalue weighted by atomic mass is 9.77. The Bertz CT molecular complexity index is 559. The highest BCUT2D eigenvalue weighted by atomic mass is 35.5. The van der Waals surface area contributed by atoms with E-state index in [9.17, 15) is 5.11 Å². The molecule has 4 nitrogen and oxygen atoms in total. The van der Waals surface area contributed by atoms with Crippen LogP contribution >= 0.6 is 23.2 Å². The Morgan fingerprint density at radius 3 is 2.38 bits per heavy atom. The molecule has 0 spiro atoms. The van der Waals surface area contributed by atoms with Crippen molar-refractivity contribution in [3.63, 3.8) is 0 Å². The SMILES string of the molecule is CC1(C)OB(C(=Cc2cc(Cl)cnc2Cl)CO)OC1(C)C. The molecule has 0 unspecified atom stereocenters. The average molecular weight is 330 g/mol. The van der Waals surface area contributed by atoms with Crippen LogP contribution in [0.5, 0.6) is 0 Å². The highest BCUT2D eigenvalue weighted by molar-refractivity contribution is 6.56. The van der Waals surface area contributed by atoms with Crippen molar-refractivity contribution in [1.82, 2.24) is 4.98 Å². The van der Waals surface area contributed by atoms with Crippen molar-refractivity contribution in [2.45, 2.75) is 38.9 Å². The molecular formula is C14H18BCl2NO3. The predicted octanol–water partition coefficient (Wildman–Crippen LogP) is 3.40. The molecule has 1 N–H and O–H groups in total. The molecule has 7 heteroatoms. The number of pyridine rings is 1. The first kappa shape index (κ1) is 16.8. The zero-order chi connectivity index (χ0) is 15.8. The van der Waals surface area contributed by atoms with Crippen LogP contribution in [0.15, 0.2) is 17.7 Å². The number of aliphatic hydroxyl groups excluding tert-OH is 1. The molecule has 0 bridgehead atoms. The summed E-state index contributed by atoms with van der Waals surface area (Å²) < 4.78 is 11.8. The maximum absolute atomic E-state index is 9.62. The van der Waals surface area contributed by atoms with Gasteiger partial charge >= 0.3 is 7.12 Å². The maximum atomic E-state index is 9.62. The topological polar surface area (TPSA) is 51.6 Å². The first-order chi connectivity index (χ1) is 9.66. The van der Waals surface area contributed by atoms with E-state index in [-0.39, 0.29) is 6.61 Å². The van der Waals surface area contributed by atoms with E-state index in [1.54, 1.807) is 12.1 Å². The molecule has 1 saturated heterocycles. The molecule has 1 aliphatic heterocycles. The number of rotatable bonds is 3. The van der Waals surface area contributed by atoms with Crippen LogP contribution in [0.1, 0.15) is 33.3 Å². The van der Waals surface area contributed by atoms with Crippen molar-refractivity contribution >= 4 is 36.4 Å². The van der Waals surface area contributed by atoms with E-state index in [4.69, 9.17) is 32.5 Å². The fraction of sp³-hybridized carbons (Fsp3) is 0.500. The van der Waals surface area contributed by atoms with Gasteiger partial charge in [-0.25, -0.2) is 4.98 Å².